The summed E-state index contributed by atoms with van der Waals surface area (Å²) in [5, 5.41) is 11.8. The molecule has 3 aromatic rings. The summed E-state index contributed by atoms with van der Waals surface area (Å²) in [6, 6.07) is 14.5. The molecule has 1 aromatic carbocycles. The van der Waals surface area contributed by atoms with Crippen molar-refractivity contribution in [2.45, 2.75) is 20.3 Å². The van der Waals surface area contributed by atoms with Gasteiger partial charge in [0.1, 0.15) is 11.6 Å². The molecule has 0 amide bonds. The largest absolute Gasteiger partial charge is 0.369 e. The second-order valence-electron chi connectivity index (χ2n) is 5.85. The first kappa shape index (κ1) is 16.6. The van der Waals surface area contributed by atoms with Crippen molar-refractivity contribution in [1.82, 2.24) is 15.0 Å². The third kappa shape index (κ3) is 4.18. The minimum absolute atomic E-state index is 0.433. The lowest BCUT2D eigenvalue weighted by molar-refractivity contribution is 1.01. The molecule has 0 saturated carbocycles. The average Bonchev–Trinajstić information content (AvgIpc) is 2.62. The van der Waals surface area contributed by atoms with E-state index in [1.165, 1.54) is 5.56 Å². The van der Waals surface area contributed by atoms with Crippen LogP contribution in [0.2, 0.25) is 0 Å². The zero-order chi connectivity index (χ0) is 17.6. The van der Waals surface area contributed by atoms with E-state index in [0.29, 0.717) is 18.8 Å². The summed E-state index contributed by atoms with van der Waals surface area (Å²) >= 11 is 0. The molecular weight excluding hydrogens is 310 g/mol. The van der Waals surface area contributed by atoms with Crippen LogP contribution in [0.5, 0.6) is 0 Å². The Morgan fingerprint density at radius 1 is 0.960 bits per heavy atom. The minimum Gasteiger partial charge on any atom is -0.369 e. The van der Waals surface area contributed by atoms with E-state index in [2.05, 4.69) is 63.6 Å². The Morgan fingerprint density at radius 2 is 1.72 bits per heavy atom. The van der Waals surface area contributed by atoms with Gasteiger partial charge in [-0.2, -0.15) is 5.26 Å². The van der Waals surface area contributed by atoms with Gasteiger partial charge >= 0.3 is 0 Å². The number of nitriles is 1. The topological polar surface area (TPSA) is 74.5 Å². The molecule has 0 aliphatic carbocycles. The average molecular weight is 329 g/mol. The van der Waals surface area contributed by atoms with Crippen LogP contribution >= 0.6 is 0 Å². The summed E-state index contributed by atoms with van der Waals surface area (Å²) in [6.07, 6.45) is 4.09. The van der Waals surface area contributed by atoms with E-state index < -0.39 is 0 Å². The Kier molecular flexibility index (Phi) is 5.00. The van der Waals surface area contributed by atoms with Gasteiger partial charge in [0.05, 0.1) is 18.2 Å². The molecule has 0 aliphatic rings. The number of hydrogen-bond donors (Lipinski definition) is 1. The highest BCUT2D eigenvalue weighted by Gasteiger charge is 2.07. The number of aromatic nitrogens is 3. The molecule has 5 heteroatoms. The van der Waals surface area contributed by atoms with E-state index in [4.69, 9.17) is 5.26 Å². The second-order valence-corrected chi connectivity index (χ2v) is 5.85. The van der Waals surface area contributed by atoms with Crippen LogP contribution in [0.15, 0.2) is 48.8 Å². The standard InChI is InChI=1S/C20H19N5/c1-14-4-6-16(7-5-14)17-10-18(13-22-12-17)19-11-20(23-9-3-8-21)25-15(2)24-19/h4-7,10-13H,3,9H2,1-2H3,(H,23,24,25). The van der Waals surface area contributed by atoms with Gasteiger partial charge in [0.2, 0.25) is 0 Å². The quantitative estimate of drug-likeness (QED) is 0.712. The van der Waals surface area contributed by atoms with Gasteiger partial charge in [-0.25, -0.2) is 9.97 Å². The molecule has 0 saturated heterocycles. The fourth-order valence-corrected chi connectivity index (χ4v) is 2.54. The highest BCUT2D eigenvalue weighted by molar-refractivity contribution is 5.71. The van der Waals surface area contributed by atoms with Crippen LogP contribution in [0.4, 0.5) is 5.82 Å². The lowest BCUT2D eigenvalue weighted by Gasteiger charge is -2.09. The van der Waals surface area contributed by atoms with Crippen molar-refractivity contribution in [3.05, 3.63) is 60.2 Å². The third-order valence-electron chi connectivity index (χ3n) is 3.80. The Hall–Kier alpha value is -3.26. The Labute approximate surface area is 147 Å². The summed E-state index contributed by atoms with van der Waals surface area (Å²) in [7, 11) is 0. The maximum atomic E-state index is 8.66. The van der Waals surface area contributed by atoms with Gasteiger partial charge in [-0.05, 0) is 25.5 Å². The van der Waals surface area contributed by atoms with E-state index in [1.807, 2.05) is 19.2 Å². The Morgan fingerprint density at radius 3 is 2.48 bits per heavy atom. The molecule has 3 rings (SSSR count). The zero-order valence-electron chi connectivity index (χ0n) is 14.3. The van der Waals surface area contributed by atoms with Crippen LogP contribution in [0.25, 0.3) is 22.4 Å². The molecule has 124 valence electrons. The van der Waals surface area contributed by atoms with Gasteiger partial charge in [0, 0.05) is 36.1 Å². The molecule has 0 atom stereocenters. The number of anilines is 1. The lowest BCUT2D eigenvalue weighted by Crippen LogP contribution is -2.04. The minimum atomic E-state index is 0.433. The van der Waals surface area contributed by atoms with Crippen LogP contribution in [0.3, 0.4) is 0 Å². The molecule has 0 spiro atoms. The van der Waals surface area contributed by atoms with E-state index in [0.717, 1.165) is 28.2 Å². The molecule has 25 heavy (non-hydrogen) atoms. The predicted octanol–water partition coefficient (Wildman–Crippen LogP) is 4.15. The fourth-order valence-electron chi connectivity index (χ4n) is 2.54. The van der Waals surface area contributed by atoms with Crippen molar-refractivity contribution in [1.29, 1.82) is 5.26 Å². The summed E-state index contributed by atoms with van der Waals surface area (Å²) in [5.74, 6) is 1.40. The fraction of sp³-hybridized carbons (Fsp3) is 0.200. The Bertz CT molecular complexity index is 910. The first-order valence-corrected chi connectivity index (χ1v) is 8.14. The van der Waals surface area contributed by atoms with Crippen molar-refractivity contribution < 1.29 is 0 Å². The van der Waals surface area contributed by atoms with Gasteiger partial charge < -0.3 is 5.32 Å². The van der Waals surface area contributed by atoms with Crippen LogP contribution in [0.1, 0.15) is 17.8 Å². The zero-order valence-corrected chi connectivity index (χ0v) is 14.3. The molecule has 1 N–H and O–H groups in total. The molecular formula is C20H19N5. The third-order valence-corrected chi connectivity index (χ3v) is 3.80. The highest BCUT2D eigenvalue weighted by Crippen LogP contribution is 2.25. The van der Waals surface area contributed by atoms with Crippen LogP contribution in [-0.4, -0.2) is 21.5 Å². The van der Waals surface area contributed by atoms with Crippen molar-refractivity contribution in [3.63, 3.8) is 0 Å². The monoisotopic (exact) mass is 329 g/mol. The van der Waals surface area contributed by atoms with E-state index >= 15 is 0 Å². The molecule has 0 radical (unpaired) electrons. The number of benzene rings is 1. The maximum Gasteiger partial charge on any atom is 0.130 e. The van der Waals surface area contributed by atoms with Crippen molar-refractivity contribution in [2.75, 3.05) is 11.9 Å². The highest BCUT2D eigenvalue weighted by atomic mass is 15.0. The number of nitrogens with one attached hydrogen (secondary N) is 1. The van der Waals surface area contributed by atoms with Crippen molar-refractivity contribution in [2.24, 2.45) is 0 Å². The van der Waals surface area contributed by atoms with E-state index in [1.54, 1.807) is 6.20 Å². The normalized spacial score (nSPS) is 10.3. The number of aryl methyl sites for hydroxylation is 2. The predicted molar refractivity (Wildman–Crippen MR) is 98.9 cm³/mol. The van der Waals surface area contributed by atoms with Gasteiger partial charge in [0.15, 0.2) is 0 Å². The number of rotatable bonds is 5. The summed E-state index contributed by atoms with van der Waals surface area (Å²) < 4.78 is 0. The smallest absolute Gasteiger partial charge is 0.130 e. The number of nitrogens with zero attached hydrogens (tertiary/aromatic N) is 4. The summed E-state index contributed by atoms with van der Waals surface area (Å²) in [6.45, 7) is 4.49. The van der Waals surface area contributed by atoms with E-state index in [-0.39, 0.29) is 0 Å². The molecule has 0 aliphatic heterocycles. The number of hydrogen-bond acceptors (Lipinski definition) is 5. The number of pyridine rings is 1. The second kappa shape index (κ2) is 7.54. The molecule has 2 heterocycles. The SMILES string of the molecule is Cc1ccc(-c2cncc(-c3cc(NCCC#N)nc(C)n3)c2)cc1. The maximum absolute atomic E-state index is 8.66. The van der Waals surface area contributed by atoms with Gasteiger partial charge in [-0.3, -0.25) is 4.98 Å². The first-order chi connectivity index (χ1) is 12.2. The van der Waals surface area contributed by atoms with Crippen molar-refractivity contribution in [3.8, 4) is 28.5 Å². The van der Waals surface area contributed by atoms with Crippen molar-refractivity contribution >= 4 is 5.82 Å². The van der Waals surface area contributed by atoms with Crippen LogP contribution in [0, 0.1) is 25.2 Å². The Balaban J connectivity index is 1.92. The first-order valence-electron chi connectivity index (χ1n) is 8.14. The lowest BCUT2D eigenvalue weighted by atomic mass is 10.0. The van der Waals surface area contributed by atoms with E-state index in [9.17, 15) is 0 Å². The molecule has 0 fully saturated rings. The molecule has 2 aromatic heterocycles. The molecule has 0 bridgehead atoms. The van der Waals surface area contributed by atoms with Gasteiger partial charge in [0.25, 0.3) is 0 Å². The van der Waals surface area contributed by atoms with Crippen LogP contribution < -0.4 is 5.32 Å². The summed E-state index contributed by atoms with van der Waals surface area (Å²) in [5.41, 5.74) is 5.15. The molecule has 5 nitrogen and oxygen atoms in total. The molecule has 0 unspecified atom stereocenters. The van der Waals surface area contributed by atoms with Gasteiger partial charge in [-0.1, -0.05) is 29.8 Å². The van der Waals surface area contributed by atoms with Gasteiger partial charge in [-0.15, -0.1) is 0 Å². The van der Waals surface area contributed by atoms with Crippen LogP contribution in [-0.2, 0) is 0 Å². The summed E-state index contributed by atoms with van der Waals surface area (Å²) in [4.78, 5) is 13.3.